The maximum absolute atomic E-state index is 12.1. The minimum atomic E-state index is -2.03. The van der Waals surface area contributed by atoms with Crippen LogP contribution < -0.4 is 5.32 Å². The highest BCUT2D eigenvalue weighted by molar-refractivity contribution is 8.01. The molecule has 0 bridgehead atoms. The van der Waals surface area contributed by atoms with Crippen LogP contribution in [-0.4, -0.2) is 58.5 Å². The standard InChI is InChI=1S/C12H20N2O5SSi/c1-12(2)7(10(16)17)14-8(15)6(9(14)20-12)13-11(18)19-21(3,4)5/h6-7,9H,1-5H3,(H,13,18)(H,16,17)/t6?,7-,9+/m0/s1. The molecule has 2 rings (SSSR count). The van der Waals surface area contributed by atoms with Crippen LogP contribution in [0.3, 0.4) is 0 Å². The maximum atomic E-state index is 12.1. The summed E-state index contributed by atoms with van der Waals surface area (Å²) in [6.07, 6.45) is -0.607. The molecule has 2 heterocycles. The number of carboxylic acids is 1. The van der Waals surface area contributed by atoms with Crippen molar-refractivity contribution in [1.82, 2.24) is 10.2 Å². The Balaban J connectivity index is 2.06. The predicted molar refractivity (Wildman–Crippen MR) is 80.5 cm³/mol. The molecule has 0 aliphatic carbocycles. The van der Waals surface area contributed by atoms with Crippen LogP contribution >= 0.6 is 11.8 Å². The molecule has 2 saturated heterocycles. The van der Waals surface area contributed by atoms with Crippen LogP contribution in [0.4, 0.5) is 4.79 Å². The lowest BCUT2D eigenvalue weighted by Gasteiger charge is -2.43. The number of carbonyl (C=O) groups is 3. The number of carboxylic acid groups (broad SMARTS) is 1. The van der Waals surface area contributed by atoms with E-state index in [2.05, 4.69) is 5.32 Å². The smallest absolute Gasteiger partial charge is 0.394 e. The number of nitrogens with one attached hydrogen (secondary N) is 1. The van der Waals surface area contributed by atoms with Crippen LogP contribution in [0.1, 0.15) is 13.8 Å². The Morgan fingerprint density at radius 1 is 1.38 bits per heavy atom. The monoisotopic (exact) mass is 332 g/mol. The lowest BCUT2D eigenvalue weighted by atomic mass is 9.96. The topological polar surface area (TPSA) is 95.9 Å². The van der Waals surface area contributed by atoms with Crippen molar-refractivity contribution >= 4 is 38.0 Å². The van der Waals surface area contributed by atoms with E-state index < -0.39 is 37.2 Å². The van der Waals surface area contributed by atoms with Gasteiger partial charge in [-0.05, 0) is 33.5 Å². The van der Waals surface area contributed by atoms with Gasteiger partial charge in [-0.25, -0.2) is 9.59 Å². The highest BCUT2D eigenvalue weighted by atomic mass is 32.2. The highest BCUT2D eigenvalue weighted by Gasteiger charge is 2.64. The van der Waals surface area contributed by atoms with Crippen LogP contribution in [0.25, 0.3) is 0 Å². The zero-order valence-electron chi connectivity index (χ0n) is 12.7. The van der Waals surface area contributed by atoms with Gasteiger partial charge in [0.2, 0.25) is 14.2 Å². The van der Waals surface area contributed by atoms with Crippen LogP contribution in [0.5, 0.6) is 0 Å². The molecule has 2 N–H and O–H groups in total. The second kappa shape index (κ2) is 4.91. The lowest BCUT2D eigenvalue weighted by Crippen LogP contribution is -2.70. The third-order valence-corrected chi connectivity index (χ3v) is 5.72. The average molecular weight is 332 g/mol. The second-order valence-corrected chi connectivity index (χ2v) is 12.9. The van der Waals surface area contributed by atoms with Crippen molar-refractivity contribution in [3.05, 3.63) is 0 Å². The number of rotatable bonds is 3. The van der Waals surface area contributed by atoms with Crippen LogP contribution in [0, 0.1) is 0 Å². The Morgan fingerprint density at radius 2 is 1.95 bits per heavy atom. The van der Waals surface area contributed by atoms with E-state index in [0.29, 0.717) is 0 Å². The number of nitrogens with zero attached hydrogens (tertiary/aromatic N) is 1. The van der Waals surface area contributed by atoms with Gasteiger partial charge in [-0.3, -0.25) is 4.79 Å². The van der Waals surface area contributed by atoms with E-state index in [1.165, 1.54) is 16.7 Å². The highest BCUT2D eigenvalue weighted by Crippen LogP contribution is 2.50. The predicted octanol–water partition coefficient (Wildman–Crippen LogP) is 1.06. The molecule has 3 atom stereocenters. The number of hydrogen-bond acceptors (Lipinski definition) is 5. The Hall–Kier alpha value is -1.22. The zero-order chi connectivity index (χ0) is 16.2. The first-order valence-corrected chi connectivity index (χ1v) is 10.9. The summed E-state index contributed by atoms with van der Waals surface area (Å²) < 4.78 is 4.67. The average Bonchev–Trinajstić information content (AvgIpc) is 2.52. The number of amides is 2. The van der Waals surface area contributed by atoms with E-state index in [-0.39, 0.29) is 11.3 Å². The van der Waals surface area contributed by atoms with Gasteiger partial charge in [0.15, 0.2) is 0 Å². The fraction of sp³-hybridized carbons (Fsp3) is 0.750. The van der Waals surface area contributed by atoms with Crippen molar-refractivity contribution in [3.63, 3.8) is 0 Å². The molecule has 0 saturated carbocycles. The van der Waals surface area contributed by atoms with E-state index in [9.17, 15) is 19.5 Å². The second-order valence-electron chi connectivity index (χ2n) is 6.72. The molecule has 0 aromatic rings. The summed E-state index contributed by atoms with van der Waals surface area (Å²) in [5.41, 5.74) is 0. The molecule has 0 aromatic carbocycles. The number of β-lactam (4-membered cyclic amide) rings is 1. The summed E-state index contributed by atoms with van der Waals surface area (Å²) in [5, 5.41) is 11.5. The summed E-state index contributed by atoms with van der Waals surface area (Å²) in [4.78, 5) is 36.6. The summed E-state index contributed by atoms with van der Waals surface area (Å²) in [5.74, 6) is -1.38. The molecular weight excluding hydrogens is 312 g/mol. The molecule has 2 aliphatic rings. The van der Waals surface area contributed by atoms with Crippen molar-refractivity contribution in [1.29, 1.82) is 0 Å². The molecule has 0 spiro atoms. The third-order valence-electron chi connectivity index (χ3n) is 3.35. The molecule has 2 fully saturated rings. The van der Waals surface area contributed by atoms with E-state index in [0.717, 1.165) is 0 Å². The molecule has 21 heavy (non-hydrogen) atoms. The zero-order valence-corrected chi connectivity index (χ0v) is 14.5. The van der Waals surface area contributed by atoms with Crippen LogP contribution in [-0.2, 0) is 14.0 Å². The van der Waals surface area contributed by atoms with Crippen molar-refractivity contribution in [3.8, 4) is 0 Å². The molecule has 9 heteroatoms. The Kier molecular flexibility index (Phi) is 3.77. The van der Waals surface area contributed by atoms with Crippen LogP contribution in [0.15, 0.2) is 0 Å². The molecule has 118 valence electrons. The van der Waals surface area contributed by atoms with E-state index >= 15 is 0 Å². The first-order valence-electron chi connectivity index (χ1n) is 6.66. The van der Waals surface area contributed by atoms with E-state index in [1.807, 2.05) is 19.6 Å². The van der Waals surface area contributed by atoms with Crippen molar-refractivity contribution in [2.45, 2.75) is 55.7 Å². The fourth-order valence-electron chi connectivity index (χ4n) is 2.58. The van der Waals surface area contributed by atoms with Crippen molar-refractivity contribution < 1.29 is 23.9 Å². The quantitative estimate of drug-likeness (QED) is 0.593. The number of thioether (sulfide) groups is 1. The Bertz CT molecular complexity index is 504. The summed E-state index contributed by atoms with van der Waals surface area (Å²) >= 11 is 1.39. The molecule has 2 amide bonds. The molecule has 1 unspecified atom stereocenters. The van der Waals surface area contributed by atoms with Gasteiger partial charge in [0.05, 0.1) is 0 Å². The normalized spacial score (nSPS) is 30.4. The minimum absolute atomic E-state index is 0.345. The Labute approximate surface area is 128 Å². The first-order chi connectivity index (χ1) is 9.44. The van der Waals surface area contributed by atoms with E-state index in [4.69, 9.17) is 4.43 Å². The third kappa shape index (κ3) is 2.89. The number of aliphatic carboxylic acids is 1. The van der Waals surface area contributed by atoms with Gasteiger partial charge in [-0.2, -0.15) is 0 Å². The molecule has 7 nitrogen and oxygen atoms in total. The largest absolute Gasteiger partial charge is 0.504 e. The lowest BCUT2D eigenvalue weighted by molar-refractivity contribution is -0.159. The summed E-state index contributed by atoms with van der Waals surface area (Å²) in [6, 6.07) is -1.58. The van der Waals surface area contributed by atoms with Crippen LogP contribution in [0.2, 0.25) is 19.6 Å². The SMILES string of the molecule is CC1(C)S[C@@H]2C(NC(=O)O[Si](C)(C)C)C(=O)N2[C@H]1C(=O)O. The van der Waals surface area contributed by atoms with Crippen molar-refractivity contribution in [2.75, 3.05) is 0 Å². The number of carbonyl (C=O) groups excluding carboxylic acids is 2. The summed E-state index contributed by atoms with van der Waals surface area (Å²) in [7, 11) is -2.03. The minimum Gasteiger partial charge on any atom is -0.504 e. The first kappa shape index (κ1) is 16.2. The number of fused-ring (bicyclic) bond motifs is 1. The van der Waals surface area contributed by atoms with Gasteiger partial charge < -0.3 is 19.7 Å². The Morgan fingerprint density at radius 3 is 2.43 bits per heavy atom. The maximum Gasteiger partial charge on any atom is 0.394 e. The van der Waals surface area contributed by atoms with Crippen molar-refractivity contribution in [2.24, 2.45) is 0 Å². The van der Waals surface area contributed by atoms with Gasteiger partial charge in [-0.1, -0.05) is 0 Å². The van der Waals surface area contributed by atoms with Gasteiger partial charge in [0.25, 0.3) is 0 Å². The fourth-order valence-corrected chi connectivity index (χ4v) is 4.82. The van der Waals surface area contributed by atoms with Gasteiger partial charge in [0.1, 0.15) is 17.5 Å². The summed E-state index contributed by atoms with van der Waals surface area (Å²) in [6.45, 7) is 9.19. The molecule has 0 aromatic heterocycles. The van der Waals surface area contributed by atoms with Gasteiger partial charge in [-0.15, -0.1) is 11.8 Å². The molecule has 0 radical (unpaired) electrons. The molecule has 2 aliphatic heterocycles. The van der Waals surface area contributed by atoms with E-state index in [1.54, 1.807) is 13.8 Å². The number of hydrogen-bond donors (Lipinski definition) is 2. The van der Waals surface area contributed by atoms with Gasteiger partial charge in [0, 0.05) is 4.75 Å². The molecular formula is C12H20N2O5SSi. The van der Waals surface area contributed by atoms with Gasteiger partial charge >= 0.3 is 12.1 Å².